The highest BCUT2D eigenvalue weighted by Gasteiger charge is 2.42. The minimum atomic E-state index is -0.757. The van der Waals surface area contributed by atoms with Crippen molar-refractivity contribution in [3.63, 3.8) is 0 Å². The quantitative estimate of drug-likeness (QED) is 0.459. The molecular weight excluding hydrogens is 451 g/mol. The predicted molar refractivity (Wildman–Crippen MR) is 126 cm³/mol. The number of carbonyl (C=O) groups excluding carboxylic acids is 2. The predicted octanol–water partition coefficient (Wildman–Crippen LogP) is 3.85. The molecule has 0 saturated heterocycles. The van der Waals surface area contributed by atoms with Crippen LogP contribution in [0.15, 0.2) is 75.9 Å². The van der Waals surface area contributed by atoms with Crippen molar-refractivity contribution in [2.45, 2.75) is 19.5 Å². The van der Waals surface area contributed by atoms with E-state index in [0.29, 0.717) is 11.3 Å². The molecule has 2 heterocycles. The van der Waals surface area contributed by atoms with Crippen LogP contribution in [0.5, 0.6) is 5.75 Å². The van der Waals surface area contributed by atoms with Crippen molar-refractivity contribution in [1.82, 2.24) is 4.90 Å². The lowest BCUT2D eigenvalue weighted by molar-refractivity contribution is -0.119. The van der Waals surface area contributed by atoms with Crippen molar-refractivity contribution in [2.24, 2.45) is 5.73 Å². The van der Waals surface area contributed by atoms with Gasteiger partial charge < -0.3 is 19.8 Å². The molecule has 1 aliphatic rings. The van der Waals surface area contributed by atoms with Gasteiger partial charge in [-0.3, -0.25) is 14.4 Å². The molecule has 2 N–H and O–H groups in total. The van der Waals surface area contributed by atoms with Gasteiger partial charge in [-0.25, -0.2) is 4.39 Å². The number of carbonyl (C=O) groups is 2. The fourth-order valence-corrected chi connectivity index (χ4v) is 4.29. The van der Waals surface area contributed by atoms with E-state index in [-0.39, 0.29) is 35.4 Å². The smallest absolute Gasteiger partial charge is 0.291 e. The highest BCUT2D eigenvalue weighted by molar-refractivity contribution is 5.99. The summed E-state index contributed by atoms with van der Waals surface area (Å²) in [5, 5.41) is 0.0696. The molecule has 35 heavy (non-hydrogen) atoms. The summed E-state index contributed by atoms with van der Waals surface area (Å²) in [6, 6.07) is 17.3. The number of hydrogen-bond donors (Lipinski definition) is 1. The van der Waals surface area contributed by atoms with E-state index in [9.17, 15) is 18.8 Å². The van der Waals surface area contributed by atoms with Crippen LogP contribution in [0, 0.1) is 12.7 Å². The standard InChI is InChI=1S/C27H21FN2O5/c1-15-2-4-16(5-3-15)13-30-24(17-6-9-19(10-7-17)34-14-22(29)31)23-25(32)20-12-18(28)8-11-21(20)35-26(23)27(30)33/h2-12,24H,13-14H2,1H3,(H2,29,31). The average molecular weight is 472 g/mol. The maximum Gasteiger partial charge on any atom is 0.291 e. The summed E-state index contributed by atoms with van der Waals surface area (Å²) in [6.07, 6.45) is 0. The number of primary amides is 1. The third-order valence-electron chi connectivity index (χ3n) is 5.98. The Labute approximate surface area is 199 Å². The van der Waals surface area contributed by atoms with Gasteiger partial charge in [-0.05, 0) is 48.4 Å². The van der Waals surface area contributed by atoms with Crippen LogP contribution in [0.2, 0.25) is 0 Å². The summed E-state index contributed by atoms with van der Waals surface area (Å²) >= 11 is 0. The number of halogens is 1. The second kappa shape index (κ2) is 8.72. The minimum Gasteiger partial charge on any atom is -0.484 e. The van der Waals surface area contributed by atoms with Gasteiger partial charge in [0.05, 0.1) is 17.0 Å². The first-order chi connectivity index (χ1) is 16.8. The molecule has 3 aromatic carbocycles. The van der Waals surface area contributed by atoms with Crippen molar-refractivity contribution >= 4 is 22.8 Å². The van der Waals surface area contributed by atoms with E-state index in [1.807, 2.05) is 31.2 Å². The molecule has 4 aromatic rings. The largest absolute Gasteiger partial charge is 0.484 e. The summed E-state index contributed by atoms with van der Waals surface area (Å²) in [5.41, 5.74) is 7.58. The van der Waals surface area contributed by atoms with Crippen LogP contribution in [0.1, 0.15) is 38.9 Å². The fraction of sp³-hybridized carbons (Fsp3) is 0.148. The lowest BCUT2D eigenvalue weighted by Gasteiger charge is -2.25. The third-order valence-corrected chi connectivity index (χ3v) is 5.98. The first kappa shape index (κ1) is 22.3. The molecule has 1 aliphatic heterocycles. The number of rotatable bonds is 6. The zero-order valence-electron chi connectivity index (χ0n) is 18.8. The van der Waals surface area contributed by atoms with Gasteiger partial charge >= 0.3 is 0 Å². The van der Waals surface area contributed by atoms with Crippen LogP contribution in [-0.4, -0.2) is 23.3 Å². The van der Waals surface area contributed by atoms with E-state index in [0.717, 1.165) is 17.2 Å². The summed E-state index contributed by atoms with van der Waals surface area (Å²) < 4.78 is 25.1. The van der Waals surface area contributed by atoms with E-state index in [1.165, 1.54) is 12.1 Å². The lowest BCUT2D eigenvalue weighted by atomic mass is 9.98. The van der Waals surface area contributed by atoms with Crippen LogP contribution < -0.4 is 15.9 Å². The van der Waals surface area contributed by atoms with Gasteiger partial charge in [0.1, 0.15) is 17.1 Å². The average Bonchev–Trinajstić information content (AvgIpc) is 3.11. The SMILES string of the molecule is Cc1ccc(CN2C(=O)c3oc4ccc(F)cc4c(=O)c3C2c2ccc(OCC(N)=O)cc2)cc1. The van der Waals surface area contributed by atoms with Crippen LogP contribution in [-0.2, 0) is 11.3 Å². The molecule has 0 bridgehead atoms. The van der Waals surface area contributed by atoms with Gasteiger partial charge in [-0.2, -0.15) is 0 Å². The van der Waals surface area contributed by atoms with Gasteiger partial charge in [-0.15, -0.1) is 0 Å². The first-order valence-corrected chi connectivity index (χ1v) is 11.0. The topological polar surface area (TPSA) is 103 Å². The molecule has 176 valence electrons. The number of nitrogens with two attached hydrogens (primary N) is 1. The molecule has 5 rings (SSSR count). The summed E-state index contributed by atoms with van der Waals surface area (Å²) in [6.45, 7) is 1.93. The molecule has 2 amide bonds. The van der Waals surface area contributed by atoms with Crippen molar-refractivity contribution in [3.05, 3.63) is 111 Å². The number of benzene rings is 3. The molecule has 1 aromatic heterocycles. The summed E-state index contributed by atoms with van der Waals surface area (Å²) in [5.74, 6) is -1.25. The van der Waals surface area contributed by atoms with E-state index >= 15 is 0 Å². The Kier molecular flexibility index (Phi) is 5.56. The van der Waals surface area contributed by atoms with Crippen molar-refractivity contribution in [1.29, 1.82) is 0 Å². The Hall–Kier alpha value is -4.46. The Morgan fingerprint density at radius 2 is 1.77 bits per heavy atom. The molecular formula is C27H21FN2O5. The maximum atomic E-state index is 13.9. The zero-order chi connectivity index (χ0) is 24.7. The highest BCUT2D eigenvalue weighted by Crippen LogP contribution is 2.39. The second-order valence-electron chi connectivity index (χ2n) is 8.46. The third kappa shape index (κ3) is 4.14. The lowest BCUT2D eigenvalue weighted by Crippen LogP contribution is -2.29. The Morgan fingerprint density at radius 3 is 2.46 bits per heavy atom. The number of hydrogen-bond acceptors (Lipinski definition) is 5. The first-order valence-electron chi connectivity index (χ1n) is 11.0. The van der Waals surface area contributed by atoms with Crippen LogP contribution in [0.3, 0.4) is 0 Å². The Bertz CT molecular complexity index is 1510. The highest BCUT2D eigenvalue weighted by atomic mass is 19.1. The van der Waals surface area contributed by atoms with Crippen molar-refractivity contribution < 1.29 is 23.1 Å². The molecule has 1 atom stereocenters. The number of amides is 2. The number of fused-ring (bicyclic) bond motifs is 2. The van der Waals surface area contributed by atoms with Crippen molar-refractivity contribution in [2.75, 3.05) is 6.61 Å². The summed E-state index contributed by atoms with van der Waals surface area (Å²) in [7, 11) is 0. The molecule has 0 spiro atoms. The van der Waals surface area contributed by atoms with E-state index in [1.54, 1.807) is 29.2 Å². The van der Waals surface area contributed by atoms with E-state index < -0.39 is 29.1 Å². The van der Waals surface area contributed by atoms with E-state index in [2.05, 4.69) is 0 Å². The molecule has 0 aliphatic carbocycles. The molecule has 8 heteroatoms. The molecule has 0 saturated carbocycles. The second-order valence-corrected chi connectivity index (χ2v) is 8.46. The Morgan fingerprint density at radius 1 is 1.06 bits per heavy atom. The summed E-state index contributed by atoms with van der Waals surface area (Å²) in [4.78, 5) is 39.6. The van der Waals surface area contributed by atoms with Gasteiger partial charge in [0, 0.05) is 6.54 Å². The molecule has 1 unspecified atom stereocenters. The van der Waals surface area contributed by atoms with Crippen LogP contribution >= 0.6 is 0 Å². The van der Waals surface area contributed by atoms with Crippen LogP contribution in [0.4, 0.5) is 4.39 Å². The van der Waals surface area contributed by atoms with Crippen LogP contribution in [0.25, 0.3) is 11.0 Å². The Balaban J connectivity index is 1.63. The zero-order valence-corrected chi connectivity index (χ0v) is 18.8. The minimum absolute atomic E-state index is 0.0553. The normalized spacial score (nSPS) is 14.9. The number of aryl methyl sites for hydroxylation is 1. The van der Waals surface area contributed by atoms with Gasteiger partial charge in [-0.1, -0.05) is 42.0 Å². The van der Waals surface area contributed by atoms with Gasteiger partial charge in [0.15, 0.2) is 12.0 Å². The monoisotopic (exact) mass is 472 g/mol. The fourth-order valence-electron chi connectivity index (χ4n) is 4.29. The molecule has 0 fully saturated rings. The maximum absolute atomic E-state index is 13.9. The molecule has 0 radical (unpaired) electrons. The van der Waals surface area contributed by atoms with Crippen molar-refractivity contribution in [3.8, 4) is 5.75 Å². The van der Waals surface area contributed by atoms with Gasteiger partial charge in [0.25, 0.3) is 11.8 Å². The van der Waals surface area contributed by atoms with E-state index in [4.69, 9.17) is 14.9 Å². The van der Waals surface area contributed by atoms with Gasteiger partial charge in [0.2, 0.25) is 5.76 Å². The molecule has 7 nitrogen and oxygen atoms in total. The number of ether oxygens (including phenoxy) is 1. The number of nitrogens with zero attached hydrogens (tertiary/aromatic N) is 1.